The fourth-order valence-electron chi connectivity index (χ4n) is 3.00. The molecule has 1 N–H and O–H groups in total. The smallest absolute Gasteiger partial charge is 0.236 e. The van der Waals surface area contributed by atoms with Crippen LogP contribution in [0, 0.1) is 0 Å². The Kier molecular flexibility index (Phi) is 6.04. The highest BCUT2D eigenvalue weighted by atomic mass is 32.2. The summed E-state index contributed by atoms with van der Waals surface area (Å²) in [6.45, 7) is 9.60. The van der Waals surface area contributed by atoms with Crippen molar-refractivity contribution in [1.29, 1.82) is 0 Å². The largest absolute Gasteiger partial charge is 0.332 e. The average Bonchev–Trinajstić information content (AvgIpc) is 3.08. The predicted molar refractivity (Wildman–Crippen MR) is 96.5 cm³/mol. The van der Waals surface area contributed by atoms with Gasteiger partial charge in [0.2, 0.25) is 11.1 Å². The van der Waals surface area contributed by atoms with Gasteiger partial charge >= 0.3 is 0 Å². The first kappa shape index (κ1) is 17.9. The molecule has 25 heavy (non-hydrogen) atoms. The molecule has 1 aliphatic heterocycles. The van der Waals surface area contributed by atoms with Gasteiger partial charge in [0.05, 0.1) is 44.5 Å². The number of carbonyl (C=O) groups is 1. The normalized spacial score (nSPS) is 16.8. The summed E-state index contributed by atoms with van der Waals surface area (Å²) in [6.07, 6.45) is 0. The van der Waals surface area contributed by atoms with Crippen LogP contribution in [0.2, 0.25) is 0 Å². The molecule has 1 aliphatic rings. The molecule has 3 rings (SSSR count). The van der Waals surface area contributed by atoms with Gasteiger partial charge in [-0.15, -0.1) is 5.10 Å². The summed E-state index contributed by atoms with van der Waals surface area (Å²) in [7, 11) is 0. The maximum atomic E-state index is 12.7. The van der Waals surface area contributed by atoms with Gasteiger partial charge < -0.3 is 9.80 Å². The Morgan fingerprint density at radius 1 is 1.28 bits per heavy atom. The lowest BCUT2D eigenvalue weighted by Crippen LogP contribution is -3.14. The van der Waals surface area contributed by atoms with Crippen LogP contribution in [0.15, 0.2) is 35.5 Å². The third-order valence-electron chi connectivity index (χ3n) is 4.59. The highest BCUT2D eigenvalue weighted by Gasteiger charge is 2.27. The zero-order chi connectivity index (χ0) is 17.6. The summed E-state index contributed by atoms with van der Waals surface area (Å²) in [5.41, 5.74) is 1.13. The van der Waals surface area contributed by atoms with Crippen LogP contribution >= 0.6 is 11.8 Å². The number of nitrogens with one attached hydrogen (secondary N) is 1. The van der Waals surface area contributed by atoms with E-state index in [9.17, 15) is 4.79 Å². The van der Waals surface area contributed by atoms with Crippen LogP contribution in [-0.4, -0.2) is 69.0 Å². The van der Waals surface area contributed by atoms with Crippen molar-refractivity contribution in [1.82, 2.24) is 25.1 Å². The van der Waals surface area contributed by atoms with Crippen LogP contribution in [0.4, 0.5) is 0 Å². The number of nitrogens with zero attached hydrogens (tertiary/aromatic N) is 5. The number of aromatic nitrogens is 4. The van der Waals surface area contributed by atoms with E-state index in [4.69, 9.17) is 0 Å². The van der Waals surface area contributed by atoms with Crippen molar-refractivity contribution in [3.63, 3.8) is 0 Å². The molecule has 0 unspecified atom stereocenters. The lowest BCUT2D eigenvalue weighted by Gasteiger charge is -2.32. The Balaban J connectivity index is 1.59. The number of amides is 1. The first-order chi connectivity index (χ1) is 12.2. The van der Waals surface area contributed by atoms with Gasteiger partial charge in [0.15, 0.2) is 0 Å². The van der Waals surface area contributed by atoms with Gasteiger partial charge in [-0.25, -0.2) is 4.68 Å². The second-order valence-electron chi connectivity index (χ2n) is 6.29. The molecule has 1 saturated heterocycles. The summed E-state index contributed by atoms with van der Waals surface area (Å²) in [5.74, 6) is 0.175. The van der Waals surface area contributed by atoms with Gasteiger partial charge in [-0.2, -0.15) is 0 Å². The van der Waals surface area contributed by atoms with Crippen LogP contribution in [-0.2, 0) is 11.3 Å². The molecule has 0 aliphatic carbocycles. The lowest BCUT2D eigenvalue weighted by molar-refractivity contribution is -0.902. The predicted octanol–water partition coefficient (Wildman–Crippen LogP) is -0.0510. The van der Waals surface area contributed by atoms with Gasteiger partial charge in [0.1, 0.15) is 0 Å². The van der Waals surface area contributed by atoms with Crippen molar-refractivity contribution in [3.8, 4) is 0 Å². The highest BCUT2D eigenvalue weighted by molar-refractivity contribution is 8.00. The van der Waals surface area contributed by atoms with Crippen LogP contribution in [0.5, 0.6) is 0 Å². The topological polar surface area (TPSA) is 68.3 Å². The van der Waals surface area contributed by atoms with E-state index in [0.29, 0.717) is 11.7 Å². The highest BCUT2D eigenvalue weighted by Crippen LogP contribution is 2.22. The molecule has 7 nitrogen and oxygen atoms in total. The number of rotatable bonds is 6. The van der Waals surface area contributed by atoms with Gasteiger partial charge in [-0.3, -0.25) is 4.79 Å². The Hall–Kier alpha value is -1.93. The van der Waals surface area contributed by atoms with Crippen molar-refractivity contribution < 1.29 is 9.69 Å². The second-order valence-corrected chi connectivity index (χ2v) is 7.60. The third kappa shape index (κ3) is 4.58. The molecular formula is C17H25N6OS+. The van der Waals surface area contributed by atoms with Crippen LogP contribution in [0.1, 0.15) is 19.4 Å². The molecule has 0 radical (unpaired) electrons. The Bertz CT molecular complexity index is 683. The van der Waals surface area contributed by atoms with Crippen molar-refractivity contribution in [2.45, 2.75) is 30.8 Å². The quantitative estimate of drug-likeness (QED) is 0.731. The number of hydrogen-bond acceptors (Lipinski definition) is 5. The average molecular weight is 361 g/mol. The molecule has 1 aromatic carbocycles. The van der Waals surface area contributed by atoms with E-state index in [1.54, 1.807) is 9.58 Å². The summed E-state index contributed by atoms with van der Waals surface area (Å²) in [4.78, 5) is 16.2. The first-order valence-corrected chi connectivity index (χ1v) is 9.64. The van der Waals surface area contributed by atoms with Gasteiger partial charge in [0, 0.05) is 0 Å². The zero-order valence-electron chi connectivity index (χ0n) is 14.8. The maximum Gasteiger partial charge on any atom is 0.236 e. The Morgan fingerprint density at radius 3 is 2.68 bits per heavy atom. The molecule has 2 aromatic rings. The summed E-state index contributed by atoms with van der Waals surface area (Å²) >= 11 is 1.43. The third-order valence-corrected chi connectivity index (χ3v) is 5.64. The molecule has 1 atom stereocenters. The molecule has 134 valence electrons. The van der Waals surface area contributed by atoms with E-state index in [1.165, 1.54) is 11.8 Å². The minimum atomic E-state index is -0.191. The minimum absolute atomic E-state index is 0.175. The van der Waals surface area contributed by atoms with Gasteiger partial charge in [-0.1, -0.05) is 42.1 Å². The fraction of sp³-hybridized carbons (Fsp3) is 0.529. The number of piperazine rings is 1. The molecule has 0 saturated carbocycles. The SMILES string of the molecule is CC[NH+]1CCN(C(=O)[C@@H](C)Sc2nnnn2Cc2ccccc2)CC1. The molecular weight excluding hydrogens is 336 g/mol. The number of likely N-dealkylation sites (N-methyl/N-ethyl adjacent to an activating group) is 1. The van der Waals surface area contributed by atoms with E-state index < -0.39 is 0 Å². The number of hydrogen-bond donors (Lipinski definition) is 1. The second kappa shape index (κ2) is 8.44. The molecule has 1 fully saturated rings. The first-order valence-electron chi connectivity index (χ1n) is 8.76. The standard InChI is InChI=1S/C17H24N6OS/c1-3-21-9-11-22(12-10-21)16(24)14(2)25-17-18-19-20-23(17)13-15-7-5-4-6-8-15/h4-8,14H,3,9-13H2,1-2H3/p+1/t14-/m1/s1. The van der Waals surface area contributed by atoms with Crippen molar-refractivity contribution >= 4 is 17.7 Å². The van der Waals surface area contributed by atoms with Gasteiger partial charge in [-0.05, 0) is 29.8 Å². The van der Waals surface area contributed by atoms with Crippen molar-refractivity contribution in [2.24, 2.45) is 0 Å². The minimum Gasteiger partial charge on any atom is -0.332 e. The monoisotopic (exact) mass is 361 g/mol. The number of quaternary nitrogens is 1. The van der Waals surface area contributed by atoms with Crippen molar-refractivity contribution in [3.05, 3.63) is 35.9 Å². The fourth-order valence-corrected chi connectivity index (χ4v) is 3.87. The maximum absolute atomic E-state index is 12.7. The Labute approximate surface area is 152 Å². The van der Waals surface area contributed by atoms with Crippen LogP contribution in [0.3, 0.4) is 0 Å². The number of thioether (sulfide) groups is 1. The van der Waals surface area contributed by atoms with Gasteiger partial charge in [0.25, 0.3) is 0 Å². The van der Waals surface area contributed by atoms with E-state index in [-0.39, 0.29) is 11.2 Å². The van der Waals surface area contributed by atoms with Crippen LogP contribution in [0.25, 0.3) is 0 Å². The van der Waals surface area contributed by atoms with Crippen LogP contribution < -0.4 is 4.90 Å². The number of carbonyl (C=O) groups excluding carboxylic acids is 1. The van der Waals surface area contributed by atoms with E-state index in [0.717, 1.165) is 38.3 Å². The molecule has 2 heterocycles. The summed E-state index contributed by atoms with van der Waals surface area (Å²) in [6, 6.07) is 10.1. The molecule has 1 amide bonds. The molecule has 1 aromatic heterocycles. The molecule has 0 bridgehead atoms. The van der Waals surface area contributed by atoms with E-state index >= 15 is 0 Å². The number of benzene rings is 1. The van der Waals surface area contributed by atoms with E-state index in [1.807, 2.05) is 42.2 Å². The zero-order valence-corrected chi connectivity index (χ0v) is 15.6. The molecule has 8 heteroatoms. The summed E-state index contributed by atoms with van der Waals surface area (Å²) in [5, 5.41) is 12.4. The molecule has 0 spiro atoms. The van der Waals surface area contributed by atoms with Crippen molar-refractivity contribution in [2.75, 3.05) is 32.7 Å². The van der Waals surface area contributed by atoms with E-state index in [2.05, 4.69) is 22.4 Å². The number of tetrazole rings is 1. The lowest BCUT2D eigenvalue weighted by atomic mass is 10.2. The summed E-state index contributed by atoms with van der Waals surface area (Å²) < 4.78 is 1.75. The Morgan fingerprint density at radius 2 is 2.00 bits per heavy atom.